The van der Waals surface area contributed by atoms with Crippen LogP contribution >= 0.6 is 0 Å². The molecule has 0 atom stereocenters. The third-order valence-electron chi connectivity index (χ3n) is 5.97. The molecule has 7 nitrogen and oxygen atoms in total. The second-order valence-corrected chi connectivity index (χ2v) is 10.3. The van der Waals surface area contributed by atoms with Crippen LogP contribution in [0, 0.1) is 0 Å². The van der Waals surface area contributed by atoms with Gasteiger partial charge in [0.05, 0.1) is 11.4 Å². The van der Waals surface area contributed by atoms with Gasteiger partial charge in [0.15, 0.2) is 0 Å². The smallest absolute Gasteiger partial charge is 0.254 e. The Hall–Kier alpha value is -4.40. The lowest BCUT2D eigenvalue weighted by molar-refractivity contribution is 0.0716. The van der Waals surface area contributed by atoms with Crippen LogP contribution in [0.15, 0.2) is 115 Å². The highest BCUT2D eigenvalue weighted by Gasteiger charge is 2.18. The molecule has 4 aromatic rings. The lowest BCUT2D eigenvalue weighted by Crippen LogP contribution is -2.34. The predicted octanol–water partition coefficient (Wildman–Crippen LogP) is 4.65. The van der Waals surface area contributed by atoms with Gasteiger partial charge in [-0.25, -0.2) is 13.6 Å². The van der Waals surface area contributed by atoms with Crippen LogP contribution in [0.3, 0.4) is 0 Å². The Kier molecular flexibility index (Phi) is 8.25. The monoisotopic (exact) mass is 527 g/mol. The maximum Gasteiger partial charge on any atom is 0.254 e. The molecule has 1 amide bonds. The minimum atomic E-state index is -3.90. The molecule has 0 unspecified atom stereocenters. The van der Waals surface area contributed by atoms with Gasteiger partial charge in [0.25, 0.3) is 5.91 Å². The third-order valence-corrected chi connectivity index (χ3v) is 6.94. The standard InChI is InChI=1S/C30H29N3O4S/c1-22(31)26-10-7-11-27(20-26)37-19-18-33(21-23-8-3-2-4-9-23)30(34)25-16-14-24(15-17-25)28-12-5-6-13-29(28)38(32,35)36/h2-17,20H,1,18-19,21,31H2,(H2,32,35,36). The fourth-order valence-electron chi connectivity index (χ4n) is 4.04. The molecule has 0 saturated heterocycles. The van der Waals surface area contributed by atoms with Crippen molar-refractivity contribution in [3.8, 4) is 16.9 Å². The molecule has 38 heavy (non-hydrogen) atoms. The molecule has 4 aromatic carbocycles. The summed E-state index contributed by atoms with van der Waals surface area (Å²) in [6.45, 7) is 4.78. The summed E-state index contributed by atoms with van der Waals surface area (Å²) in [7, 11) is -3.90. The second-order valence-electron chi connectivity index (χ2n) is 8.73. The van der Waals surface area contributed by atoms with Crippen molar-refractivity contribution in [3.63, 3.8) is 0 Å². The van der Waals surface area contributed by atoms with Crippen LogP contribution in [-0.2, 0) is 16.6 Å². The van der Waals surface area contributed by atoms with E-state index in [2.05, 4.69) is 6.58 Å². The summed E-state index contributed by atoms with van der Waals surface area (Å²) in [6.07, 6.45) is 0. The first-order valence-corrected chi connectivity index (χ1v) is 13.5. The Labute approximate surface area is 223 Å². The molecule has 0 heterocycles. The van der Waals surface area contributed by atoms with Crippen molar-refractivity contribution >= 4 is 21.6 Å². The van der Waals surface area contributed by atoms with Gasteiger partial charge in [-0.2, -0.15) is 0 Å². The van der Waals surface area contributed by atoms with E-state index in [4.69, 9.17) is 15.6 Å². The molecule has 0 aliphatic rings. The summed E-state index contributed by atoms with van der Waals surface area (Å²) in [5, 5.41) is 5.39. The zero-order valence-corrected chi connectivity index (χ0v) is 21.6. The first kappa shape index (κ1) is 26.7. The van der Waals surface area contributed by atoms with Crippen molar-refractivity contribution in [1.29, 1.82) is 0 Å². The molecule has 4 N–H and O–H groups in total. The molecular formula is C30H29N3O4S. The van der Waals surface area contributed by atoms with Crippen LogP contribution in [0.25, 0.3) is 16.8 Å². The highest BCUT2D eigenvalue weighted by Crippen LogP contribution is 2.27. The number of hydrogen-bond donors (Lipinski definition) is 2. The lowest BCUT2D eigenvalue weighted by Gasteiger charge is -2.23. The Morgan fingerprint density at radius 2 is 1.53 bits per heavy atom. The van der Waals surface area contributed by atoms with E-state index in [0.717, 1.165) is 11.1 Å². The molecule has 194 valence electrons. The largest absolute Gasteiger partial charge is 0.492 e. The molecule has 0 aliphatic heterocycles. The SMILES string of the molecule is C=C(N)c1cccc(OCCN(Cc2ccccc2)C(=O)c2ccc(-c3ccccc3S(N)(=O)=O)cc2)c1. The summed E-state index contributed by atoms with van der Waals surface area (Å²) in [4.78, 5) is 15.3. The number of carbonyl (C=O) groups is 1. The van der Waals surface area contributed by atoms with Crippen molar-refractivity contribution in [1.82, 2.24) is 4.90 Å². The highest BCUT2D eigenvalue weighted by molar-refractivity contribution is 7.89. The van der Waals surface area contributed by atoms with Gasteiger partial charge in [0.1, 0.15) is 12.4 Å². The zero-order valence-electron chi connectivity index (χ0n) is 20.8. The highest BCUT2D eigenvalue weighted by atomic mass is 32.2. The number of nitrogens with zero attached hydrogens (tertiary/aromatic N) is 1. The topological polar surface area (TPSA) is 116 Å². The number of nitrogens with two attached hydrogens (primary N) is 2. The molecule has 0 spiro atoms. The van der Waals surface area contributed by atoms with Crippen LogP contribution in [0.1, 0.15) is 21.5 Å². The van der Waals surface area contributed by atoms with Gasteiger partial charge in [-0.1, -0.05) is 79.4 Å². The Bertz CT molecular complexity index is 1540. The van der Waals surface area contributed by atoms with E-state index >= 15 is 0 Å². The van der Waals surface area contributed by atoms with Crippen molar-refractivity contribution in [2.45, 2.75) is 11.4 Å². The zero-order chi connectivity index (χ0) is 27.1. The molecule has 0 fully saturated rings. The van der Waals surface area contributed by atoms with Crippen molar-refractivity contribution in [3.05, 3.63) is 126 Å². The van der Waals surface area contributed by atoms with Crippen LogP contribution in [0.4, 0.5) is 0 Å². The van der Waals surface area contributed by atoms with Crippen LogP contribution in [0.5, 0.6) is 5.75 Å². The normalized spacial score (nSPS) is 11.1. The number of rotatable bonds is 10. The van der Waals surface area contributed by atoms with Gasteiger partial charge in [-0.3, -0.25) is 4.79 Å². The van der Waals surface area contributed by atoms with Crippen LogP contribution in [-0.4, -0.2) is 32.4 Å². The maximum atomic E-state index is 13.5. The molecule has 0 bridgehead atoms. The van der Waals surface area contributed by atoms with Crippen molar-refractivity contribution in [2.75, 3.05) is 13.2 Å². The van der Waals surface area contributed by atoms with Gasteiger partial charge in [0, 0.05) is 28.9 Å². The Balaban J connectivity index is 1.53. The molecule has 8 heteroatoms. The van der Waals surface area contributed by atoms with E-state index in [1.807, 2.05) is 54.6 Å². The summed E-state index contributed by atoms with van der Waals surface area (Å²) in [5.74, 6) is 0.465. The maximum absolute atomic E-state index is 13.5. The number of hydrogen-bond acceptors (Lipinski definition) is 5. The quantitative estimate of drug-likeness (QED) is 0.311. The van der Waals surface area contributed by atoms with E-state index in [1.54, 1.807) is 47.4 Å². The van der Waals surface area contributed by atoms with Crippen molar-refractivity contribution in [2.24, 2.45) is 10.9 Å². The number of amides is 1. The second kappa shape index (κ2) is 11.8. The summed E-state index contributed by atoms with van der Waals surface area (Å²) >= 11 is 0. The molecule has 0 saturated carbocycles. The molecule has 0 aromatic heterocycles. The van der Waals surface area contributed by atoms with E-state index < -0.39 is 10.0 Å². The average molecular weight is 528 g/mol. The fourth-order valence-corrected chi connectivity index (χ4v) is 4.80. The third kappa shape index (κ3) is 6.67. The minimum Gasteiger partial charge on any atom is -0.492 e. The first-order chi connectivity index (χ1) is 18.2. The van der Waals surface area contributed by atoms with Crippen LogP contribution in [0.2, 0.25) is 0 Å². The van der Waals surface area contributed by atoms with Gasteiger partial charge in [-0.15, -0.1) is 0 Å². The summed E-state index contributed by atoms with van der Waals surface area (Å²) in [6, 6.07) is 30.4. The Morgan fingerprint density at radius 3 is 2.21 bits per heavy atom. The van der Waals surface area contributed by atoms with Crippen molar-refractivity contribution < 1.29 is 17.9 Å². The molecule has 0 radical (unpaired) electrons. The first-order valence-electron chi connectivity index (χ1n) is 12.0. The van der Waals surface area contributed by atoms with Crippen LogP contribution < -0.4 is 15.6 Å². The number of primary sulfonamides is 1. The van der Waals surface area contributed by atoms with Gasteiger partial charge >= 0.3 is 0 Å². The number of ether oxygens (including phenoxy) is 1. The predicted molar refractivity (Wildman–Crippen MR) is 150 cm³/mol. The molecule has 0 aliphatic carbocycles. The molecule has 4 rings (SSSR count). The summed E-state index contributed by atoms with van der Waals surface area (Å²) in [5.41, 5.74) is 9.60. The molecular weight excluding hydrogens is 498 g/mol. The minimum absolute atomic E-state index is 0.0317. The summed E-state index contributed by atoms with van der Waals surface area (Å²) < 4.78 is 29.9. The van der Waals surface area contributed by atoms with E-state index in [9.17, 15) is 13.2 Å². The number of benzene rings is 4. The number of sulfonamides is 1. The Morgan fingerprint density at radius 1 is 0.842 bits per heavy atom. The van der Waals surface area contributed by atoms with Gasteiger partial charge in [0.2, 0.25) is 10.0 Å². The van der Waals surface area contributed by atoms with Gasteiger partial charge in [-0.05, 0) is 41.5 Å². The average Bonchev–Trinajstić information content (AvgIpc) is 2.92. The van der Waals surface area contributed by atoms with Gasteiger partial charge < -0.3 is 15.4 Å². The number of carbonyl (C=O) groups excluding carboxylic acids is 1. The van der Waals surface area contributed by atoms with E-state index in [0.29, 0.717) is 41.2 Å². The fraction of sp³-hybridized carbons (Fsp3) is 0.100. The van der Waals surface area contributed by atoms with E-state index in [1.165, 1.54) is 6.07 Å². The lowest BCUT2D eigenvalue weighted by atomic mass is 10.0. The van der Waals surface area contributed by atoms with E-state index in [-0.39, 0.29) is 17.4 Å².